The van der Waals surface area contributed by atoms with Gasteiger partial charge in [0.05, 0.1) is 11.3 Å². The molecule has 0 aliphatic carbocycles. The molecule has 2 aromatic rings. The molecule has 0 aromatic heterocycles. The van der Waals surface area contributed by atoms with Crippen molar-refractivity contribution in [3.05, 3.63) is 65.0 Å². The van der Waals surface area contributed by atoms with Crippen LogP contribution in [0.25, 0.3) is 0 Å². The highest BCUT2D eigenvalue weighted by atomic mass is 19.1. The van der Waals surface area contributed by atoms with Gasteiger partial charge in [0.2, 0.25) is 5.91 Å². The van der Waals surface area contributed by atoms with Gasteiger partial charge in [-0.2, -0.15) is 0 Å². The molecule has 0 aliphatic heterocycles. The van der Waals surface area contributed by atoms with E-state index in [0.717, 1.165) is 17.2 Å². The summed E-state index contributed by atoms with van der Waals surface area (Å²) in [6.45, 7) is 4.65. The lowest BCUT2D eigenvalue weighted by Crippen LogP contribution is -2.37. The number of amides is 2. The summed E-state index contributed by atoms with van der Waals surface area (Å²) in [5, 5.41) is 5.07. The molecule has 0 saturated heterocycles. The number of carbonyl (C=O) groups is 3. The number of ether oxygens (including phenoxy) is 1. The number of aryl methyl sites for hydroxylation is 1. The highest BCUT2D eigenvalue weighted by molar-refractivity contribution is 5.93. The molecule has 2 rings (SSSR count). The summed E-state index contributed by atoms with van der Waals surface area (Å²) in [5.41, 5.74) is 2.18. The van der Waals surface area contributed by atoms with E-state index in [2.05, 4.69) is 10.6 Å². The second kappa shape index (κ2) is 9.64. The maximum Gasteiger partial charge on any atom is 0.338 e. The highest BCUT2D eigenvalue weighted by Gasteiger charge is 2.15. The average Bonchev–Trinajstić information content (AvgIpc) is 2.63. The maximum atomic E-state index is 13.9. The molecule has 2 amide bonds. The van der Waals surface area contributed by atoms with Gasteiger partial charge in [-0.15, -0.1) is 0 Å². The van der Waals surface area contributed by atoms with Crippen molar-refractivity contribution in [3.63, 3.8) is 0 Å². The summed E-state index contributed by atoms with van der Waals surface area (Å²) >= 11 is 0. The van der Waals surface area contributed by atoms with E-state index in [-0.39, 0.29) is 17.3 Å². The third-order valence-electron chi connectivity index (χ3n) is 4.04. The third kappa shape index (κ3) is 6.19. The standard InChI is InChI=1S/C21H23FN2O4/c1-13-6-4-5-7-16(13)10-14(2)23-20(26)12-28-21(27)17-8-9-19(18(22)11-17)24-15(3)25/h4-9,11,14H,10,12H2,1-3H3,(H,23,26)(H,24,25). The van der Waals surface area contributed by atoms with Crippen LogP contribution in [0.1, 0.15) is 35.3 Å². The first-order valence-corrected chi connectivity index (χ1v) is 8.84. The molecular formula is C21H23FN2O4. The van der Waals surface area contributed by atoms with Gasteiger partial charge in [0, 0.05) is 13.0 Å². The second-order valence-electron chi connectivity index (χ2n) is 6.55. The van der Waals surface area contributed by atoms with Crippen LogP contribution in [0.4, 0.5) is 10.1 Å². The van der Waals surface area contributed by atoms with Crippen LogP contribution < -0.4 is 10.6 Å². The zero-order valence-electron chi connectivity index (χ0n) is 16.0. The molecule has 2 N–H and O–H groups in total. The second-order valence-corrected chi connectivity index (χ2v) is 6.55. The van der Waals surface area contributed by atoms with E-state index in [1.807, 2.05) is 38.1 Å². The molecule has 1 atom stereocenters. The van der Waals surface area contributed by atoms with Gasteiger partial charge in [-0.05, 0) is 49.6 Å². The lowest BCUT2D eigenvalue weighted by molar-refractivity contribution is -0.124. The monoisotopic (exact) mass is 386 g/mol. The summed E-state index contributed by atoms with van der Waals surface area (Å²) < 4.78 is 18.8. The number of carbonyl (C=O) groups excluding carboxylic acids is 3. The van der Waals surface area contributed by atoms with Crippen LogP contribution in [0, 0.1) is 12.7 Å². The Balaban J connectivity index is 1.85. The number of hydrogen-bond acceptors (Lipinski definition) is 4. The van der Waals surface area contributed by atoms with Gasteiger partial charge < -0.3 is 15.4 Å². The van der Waals surface area contributed by atoms with E-state index < -0.39 is 30.2 Å². The van der Waals surface area contributed by atoms with Crippen molar-refractivity contribution in [3.8, 4) is 0 Å². The molecule has 0 saturated carbocycles. The lowest BCUT2D eigenvalue weighted by atomic mass is 10.0. The molecule has 7 heteroatoms. The molecule has 0 heterocycles. The Morgan fingerprint density at radius 2 is 1.86 bits per heavy atom. The van der Waals surface area contributed by atoms with Gasteiger partial charge in [0.1, 0.15) is 5.82 Å². The van der Waals surface area contributed by atoms with Crippen LogP contribution in [-0.4, -0.2) is 30.4 Å². The minimum Gasteiger partial charge on any atom is -0.452 e. The van der Waals surface area contributed by atoms with Crippen molar-refractivity contribution in [1.29, 1.82) is 0 Å². The maximum absolute atomic E-state index is 13.9. The Bertz CT molecular complexity index is 882. The van der Waals surface area contributed by atoms with Crippen LogP contribution in [0.3, 0.4) is 0 Å². The fraction of sp³-hybridized carbons (Fsp3) is 0.286. The SMILES string of the molecule is CC(=O)Nc1ccc(C(=O)OCC(=O)NC(C)Cc2ccccc2C)cc1F. The van der Waals surface area contributed by atoms with Crippen molar-refractivity contribution in [2.24, 2.45) is 0 Å². The van der Waals surface area contributed by atoms with Gasteiger partial charge in [0.25, 0.3) is 5.91 Å². The van der Waals surface area contributed by atoms with E-state index in [1.54, 1.807) is 0 Å². The molecule has 6 nitrogen and oxygen atoms in total. The molecule has 0 bridgehead atoms. The minimum absolute atomic E-state index is 0.0353. The summed E-state index contributed by atoms with van der Waals surface area (Å²) in [6, 6.07) is 11.3. The number of rotatable bonds is 7. The van der Waals surface area contributed by atoms with Crippen LogP contribution in [0.15, 0.2) is 42.5 Å². The molecule has 0 radical (unpaired) electrons. The fourth-order valence-electron chi connectivity index (χ4n) is 2.68. The predicted octanol–water partition coefficient (Wildman–Crippen LogP) is 3.00. The van der Waals surface area contributed by atoms with E-state index in [0.29, 0.717) is 6.42 Å². The summed E-state index contributed by atoms with van der Waals surface area (Å²) in [4.78, 5) is 35.0. The highest BCUT2D eigenvalue weighted by Crippen LogP contribution is 2.16. The van der Waals surface area contributed by atoms with Crippen molar-refractivity contribution in [2.45, 2.75) is 33.2 Å². The van der Waals surface area contributed by atoms with Gasteiger partial charge >= 0.3 is 5.97 Å². The quantitative estimate of drug-likeness (QED) is 0.717. The fourth-order valence-corrected chi connectivity index (χ4v) is 2.68. The molecule has 1 unspecified atom stereocenters. The molecule has 28 heavy (non-hydrogen) atoms. The Hall–Kier alpha value is -3.22. The van der Waals surface area contributed by atoms with E-state index in [4.69, 9.17) is 4.74 Å². The van der Waals surface area contributed by atoms with Crippen molar-refractivity contribution in [2.75, 3.05) is 11.9 Å². The van der Waals surface area contributed by atoms with E-state index in [1.165, 1.54) is 19.1 Å². The zero-order chi connectivity index (χ0) is 20.7. The van der Waals surface area contributed by atoms with E-state index in [9.17, 15) is 18.8 Å². The van der Waals surface area contributed by atoms with Gasteiger partial charge in [-0.1, -0.05) is 24.3 Å². The van der Waals surface area contributed by atoms with Crippen LogP contribution >= 0.6 is 0 Å². The number of benzene rings is 2. The Morgan fingerprint density at radius 1 is 1.14 bits per heavy atom. The van der Waals surface area contributed by atoms with Gasteiger partial charge in [0.15, 0.2) is 6.61 Å². The summed E-state index contributed by atoms with van der Waals surface area (Å²) in [5.74, 6) is -2.45. The minimum atomic E-state index is -0.824. The van der Waals surface area contributed by atoms with Gasteiger partial charge in [-0.3, -0.25) is 9.59 Å². The molecule has 0 spiro atoms. The largest absolute Gasteiger partial charge is 0.452 e. The first-order valence-electron chi connectivity index (χ1n) is 8.84. The molecular weight excluding hydrogens is 363 g/mol. The topological polar surface area (TPSA) is 84.5 Å². The van der Waals surface area contributed by atoms with Crippen molar-refractivity contribution >= 4 is 23.5 Å². The van der Waals surface area contributed by atoms with Crippen molar-refractivity contribution < 1.29 is 23.5 Å². The first-order chi connectivity index (χ1) is 13.3. The average molecular weight is 386 g/mol. The molecule has 0 aliphatic rings. The molecule has 148 valence electrons. The number of esters is 1. The molecule has 2 aromatic carbocycles. The Labute approximate surface area is 163 Å². The number of hydrogen-bond donors (Lipinski definition) is 2. The number of halogens is 1. The Kier molecular flexibility index (Phi) is 7.26. The lowest BCUT2D eigenvalue weighted by Gasteiger charge is -2.15. The van der Waals surface area contributed by atoms with Crippen LogP contribution in [0.2, 0.25) is 0 Å². The van der Waals surface area contributed by atoms with Crippen LogP contribution in [-0.2, 0) is 20.7 Å². The predicted molar refractivity (Wildman–Crippen MR) is 103 cm³/mol. The zero-order valence-corrected chi connectivity index (χ0v) is 16.0. The summed E-state index contributed by atoms with van der Waals surface area (Å²) in [6.07, 6.45) is 0.655. The third-order valence-corrected chi connectivity index (χ3v) is 4.04. The normalized spacial score (nSPS) is 11.4. The van der Waals surface area contributed by atoms with E-state index >= 15 is 0 Å². The first kappa shape index (κ1) is 21.1. The summed E-state index contributed by atoms with van der Waals surface area (Å²) in [7, 11) is 0. The number of nitrogens with one attached hydrogen (secondary N) is 2. The van der Waals surface area contributed by atoms with Crippen molar-refractivity contribution in [1.82, 2.24) is 5.32 Å². The number of anilines is 1. The van der Waals surface area contributed by atoms with Gasteiger partial charge in [-0.25, -0.2) is 9.18 Å². The Morgan fingerprint density at radius 3 is 2.50 bits per heavy atom. The molecule has 0 fully saturated rings. The smallest absolute Gasteiger partial charge is 0.338 e. The van der Waals surface area contributed by atoms with Crippen LogP contribution in [0.5, 0.6) is 0 Å².